The molecule has 1 aromatic heterocycles. The topological polar surface area (TPSA) is 51.3 Å². The maximum atomic E-state index is 13.3. The van der Waals surface area contributed by atoms with Gasteiger partial charge in [-0.1, -0.05) is 24.3 Å². The molecule has 0 N–H and O–H groups in total. The van der Waals surface area contributed by atoms with Crippen LogP contribution in [0.2, 0.25) is 0 Å². The molecule has 2 aromatic carbocycles. The van der Waals surface area contributed by atoms with E-state index in [1.165, 1.54) is 24.3 Å². The summed E-state index contributed by atoms with van der Waals surface area (Å²) in [5.74, 6) is 0. The molecule has 156 valence electrons. The van der Waals surface area contributed by atoms with Gasteiger partial charge in [-0.2, -0.15) is 13.2 Å². The number of benzene rings is 2. The van der Waals surface area contributed by atoms with Crippen LogP contribution in [0.4, 0.5) is 18.9 Å². The standard InChI is InChI=1S/C22H20F3N3O2/c23-22(24,25)18-5-1-4-17(14-18)21-20-6-2-11-26(20)12-3-13-27(21)15-16-7-9-19(10-8-16)28(29)30/h1-2,4-11,14,21H,3,12-13,15H2. The molecular formula is C22H20F3N3O2. The summed E-state index contributed by atoms with van der Waals surface area (Å²) < 4.78 is 42.1. The Morgan fingerprint density at radius 2 is 1.80 bits per heavy atom. The Hall–Kier alpha value is -3.13. The van der Waals surface area contributed by atoms with Gasteiger partial charge in [-0.3, -0.25) is 15.0 Å². The van der Waals surface area contributed by atoms with Gasteiger partial charge in [0.05, 0.1) is 16.5 Å². The van der Waals surface area contributed by atoms with Crippen LogP contribution < -0.4 is 0 Å². The molecule has 2 heterocycles. The minimum atomic E-state index is -4.41. The third kappa shape index (κ3) is 4.09. The lowest BCUT2D eigenvalue weighted by atomic mass is 9.98. The highest BCUT2D eigenvalue weighted by molar-refractivity contribution is 5.36. The Labute approximate surface area is 171 Å². The number of rotatable bonds is 4. The van der Waals surface area contributed by atoms with Crippen molar-refractivity contribution < 1.29 is 18.1 Å². The Kier molecular flexibility index (Phi) is 5.34. The molecule has 0 saturated carbocycles. The van der Waals surface area contributed by atoms with E-state index < -0.39 is 16.7 Å². The van der Waals surface area contributed by atoms with Crippen molar-refractivity contribution in [1.29, 1.82) is 0 Å². The number of non-ortho nitro benzene ring substituents is 1. The monoisotopic (exact) mass is 415 g/mol. The quantitative estimate of drug-likeness (QED) is 0.423. The second-order valence-electron chi connectivity index (χ2n) is 7.40. The molecule has 1 aliphatic rings. The molecule has 0 fully saturated rings. The van der Waals surface area contributed by atoms with Gasteiger partial charge in [0.2, 0.25) is 0 Å². The van der Waals surface area contributed by atoms with E-state index in [9.17, 15) is 23.3 Å². The van der Waals surface area contributed by atoms with Crippen molar-refractivity contribution in [1.82, 2.24) is 9.47 Å². The fraction of sp³-hybridized carbons (Fsp3) is 0.273. The highest BCUT2D eigenvalue weighted by Gasteiger charge is 2.33. The van der Waals surface area contributed by atoms with Gasteiger partial charge in [0.1, 0.15) is 0 Å². The Morgan fingerprint density at radius 1 is 1.03 bits per heavy atom. The van der Waals surface area contributed by atoms with Gasteiger partial charge < -0.3 is 4.57 Å². The minimum absolute atomic E-state index is 0.0120. The summed E-state index contributed by atoms with van der Waals surface area (Å²) in [4.78, 5) is 12.6. The molecule has 1 unspecified atom stereocenters. The van der Waals surface area contributed by atoms with Crippen LogP contribution in [0.5, 0.6) is 0 Å². The van der Waals surface area contributed by atoms with E-state index in [-0.39, 0.29) is 11.7 Å². The molecule has 0 spiro atoms. The molecule has 1 atom stereocenters. The number of aromatic nitrogens is 1. The van der Waals surface area contributed by atoms with Gasteiger partial charge in [-0.25, -0.2) is 0 Å². The third-order valence-corrected chi connectivity index (χ3v) is 5.42. The predicted octanol–water partition coefficient (Wildman–Crippen LogP) is 5.41. The SMILES string of the molecule is O=[N+]([O-])c1ccc(CN2CCCn3cccc3C2c2cccc(C(F)(F)F)c2)cc1. The lowest BCUT2D eigenvalue weighted by Crippen LogP contribution is -2.29. The van der Waals surface area contributed by atoms with Crippen molar-refractivity contribution in [3.8, 4) is 0 Å². The predicted molar refractivity (Wildman–Crippen MR) is 106 cm³/mol. The zero-order valence-corrected chi connectivity index (χ0v) is 16.0. The Morgan fingerprint density at radius 3 is 2.50 bits per heavy atom. The van der Waals surface area contributed by atoms with Crippen molar-refractivity contribution in [3.63, 3.8) is 0 Å². The van der Waals surface area contributed by atoms with Crippen LogP contribution in [0.1, 0.15) is 34.8 Å². The van der Waals surface area contributed by atoms with Gasteiger partial charge in [0, 0.05) is 43.7 Å². The van der Waals surface area contributed by atoms with E-state index in [0.29, 0.717) is 18.7 Å². The smallest absolute Gasteiger partial charge is 0.350 e. The molecule has 8 heteroatoms. The van der Waals surface area contributed by atoms with Crippen LogP contribution in [0.3, 0.4) is 0 Å². The fourth-order valence-electron chi connectivity index (χ4n) is 4.03. The highest BCUT2D eigenvalue weighted by Crippen LogP contribution is 2.36. The molecule has 0 aliphatic carbocycles. The molecule has 3 aromatic rings. The van der Waals surface area contributed by atoms with Crippen LogP contribution in [0.25, 0.3) is 0 Å². The van der Waals surface area contributed by atoms with Crippen LogP contribution in [-0.2, 0) is 19.3 Å². The molecular weight excluding hydrogens is 395 g/mol. The van der Waals surface area contributed by atoms with Crippen molar-refractivity contribution in [2.75, 3.05) is 6.54 Å². The van der Waals surface area contributed by atoms with Crippen molar-refractivity contribution in [3.05, 3.63) is 99.4 Å². The summed E-state index contributed by atoms with van der Waals surface area (Å²) in [7, 11) is 0. The molecule has 0 saturated heterocycles. The number of fused-ring (bicyclic) bond motifs is 1. The molecule has 5 nitrogen and oxygen atoms in total. The van der Waals surface area contributed by atoms with E-state index in [4.69, 9.17) is 0 Å². The van der Waals surface area contributed by atoms with Gasteiger partial charge in [-0.05, 0) is 41.8 Å². The van der Waals surface area contributed by atoms with Crippen LogP contribution >= 0.6 is 0 Å². The largest absolute Gasteiger partial charge is 0.416 e. The average Bonchev–Trinajstić information content (AvgIpc) is 3.09. The number of aryl methyl sites for hydroxylation is 1. The number of halogens is 3. The van der Waals surface area contributed by atoms with Gasteiger partial charge >= 0.3 is 6.18 Å². The number of hydrogen-bond donors (Lipinski definition) is 0. The molecule has 30 heavy (non-hydrogen) atoms. The van der Waals surface area contributed by atoms with E-state index in [1.807, 2.05) is 18.3 Å². The third-order valence-electron chi connectivity index (χ3n) is 5.42. The van der Waals surface area contributed by atoms with E-state index >= 15 is 0 Å². The van der Waals surface area contributed by atoms with E-state index in [0.717, 1.165) is 30.3 Å². The van der Waals surface area contributed by atoms with Crippen LogP contribution in [0.15, 0.2) is 66.9 Å². The first-order chi connectivity index (χ1) is 14.3. The minimum Gasteiger partial charge on any atom is -0.350 e. The van der Waals surface area contributed by atoms with E-state index in [1.54, 1.807) is 18.2 Å². The maximum absolute atomic E-state index is 13.3. The van der Waals surface area contributed by atoms with E-state index in [2.05, 4.69) is 9.47 Å². The summed E-state index contributed by atoms with van der Waals surface area (Å²) in [6.45, 7) is 1.96. The average molecular weight is 415 g/mol. The summed E-state index contributed by atoms with van der Waals surface area (Å²) in [5, 5.41) is 10.9. The summed E-state index contributed by atoms with van der Waals surface area (Å²) in [5.41, 5.74) is 1.73. The first-order valence-electron chi connectivity index (χ1n) is 9.62. The Balaban J connectivity index is 1.72. The van der Waals surface area contributed by atoms with Crippen molar-refractivity contribution >= 4 is 5.69 Å². The maximum Gasteiger partial charge on any atom is 0.416 e. The Bertz CT molecular complexity index is 1040. The molecule has 4 rings (SSSR count). The summed E-state index contributed by atoms with van der Waals surface area (Å²) >= 11 is 0. The van der Waals surface area contributed by atoms with Crippen molar-refractivity contribution in [2.24, 2.45) is 0 Å². The van der Waals surface area contributed by atoms with Crippen molar-refractivity contribution in [2.45, 2.75) is 31.7 Å². The zero-order chi connectivity index (χ0) is 21.3. The van der Waals surface area contributed by atoms with Crippen LogP contribution in [0, 0.1) is 10.1 Å². The van der Waals surface area contributed by atoms with Gasteiger partial charge in [0.25, 0.3) is 5.69 Å². The second kappa shape index (κ2) is 7.95. The molecule has 0 bridgehead atoms. The summed E-state index contributed by atoms with van der Waals surface area (Å²) in [6, 6.07) is 15.3. The normalized spacial score (nSPS) is 17.4. The zero-order valence-electron chi connectivity index (χ0n) is 16.0. The number of nitro benzene ring substituents is 1. The first-order valence-corrected chi connectivity index (χ1v) is 9.62. The molecule has 0 radical (unpaired) electrons. The van der Waals surface area contributed by atoms with Crippen LogP contribution in [-0.4, -0.2) is 20.9 Å². The first kappa shape index (κ1) is 20.2. The lowest BCUT2D eigenvalue weighted by molar-refractivity contribution is -0.384. The number of hydrogen-bond acceptors (Lipinski definition) is 3. The highest BCUT2D eigenvalue weighted by atomic mass is 19.4. The fourth-order valence-corrected chi connectivity index (χ4v) is 4.03. The summed E-state index contributed by atoms with van der Waals surface area (Å²) in [6.07, 6.45) is -1.61. The number of alkyl halides is 3. The number of nitro groups is 1. The van der Waals surface area contributed by atoms with Gasteiger partial charge in [-0.15, -0.1) is 0 Å². The second-order valence-corrected chi connectivity index (χ2v) is 7.40. The number of nitrogens with zero attached hydrogens (tertiary/aromatic N) is 3. The lowest BCUT2D eigenvalue weighted by Gasteiger charge is -2.31. The molecule has 1 aliphatic heterocycles. The molecule has 0 amide bonds. The van der Waals surface area contributed by atoms with Gasteiger partial charge in [0.15, 0.2) is 0 Å².